The van der Waals surface area contributed by atoms with Crippen LogP contribution in [-0.4, -0.2) is 35.6 Å². The van der Waals surface area contributed by atoms with Gasteiger partial charge in [-0.15, -0.1) is 0 Å². The van der Waals surface area contributed by atoms with Crippen molar-refractivity contribution in [2.24, 2.45) is 11.8 Å². The van der Waals surface area contributed by atoms with Gasteiger partial charge in [-0.3, -0.25) is 0 Å². The van der Waals surface area contributed by atoms with Crippen LogP contribution < -0.4 is 0 Å². The van der Waals surface area contributed by atoms with Crippen LogP contribution >= 0.6 is 0 Å². The van der Waals surface area contributed by atoms with Gasteiger partial charge in [-0.2, -0.15) is 0 Å². The molecule has 4 rings (SSSR count). The van der Waals surface area contributed by atoms with Gasteiger partial charge in [-0.05, 0) is 0 Å². The quantitative estimate of drug-likeness (QED) is 0.563. The van der Waals surface area contributed by atoms with Crippen molar-refractivity contribution in [1.29, 1.82) is 0 Å². The van der Waals surface area contributed by atoms with E-state index in [1.54, 1.807) is 0 Å². The van der Waals surface area contributed by atoms with E-state index in [9.17, 15) is 5.11 Å². The summed E-state index contributed by atoms with van der Waals surface area (Å²) in [5.41, 5.74) is 0. The number of ether oxygens (including phenoxy) is 2. The highest BCUT2D eigenvalue weighted by Crippen LogP contribution is 2.49. The fourth-order valence-electron chi connectivity index (χ4n) is 3.02. The highest BCUT2D eigenvalue weighted by Gasteiger charge is 2.63. The third kappa shape index (κ3) is 0.605. The first-order valence-electron chi connectivity index (χ1n) is 4.69. The maximum Gasteiger partial charge on any atom is 0.113 e. The molecule has 4 heterocycles. The molecule has 12 heavy (non-hydrogen) atoms. The van der Waals surface area contributed by atoms with Gasteiger partial charge in [0.15, 0.2) is 0 Å². The minimum Gasteiger partial charge on any atom is -0.388 e. The first-order valence-corrected chi connectivity index (χ1v) is 4.69. The minimum absolute atomic E-state index is 0.0359. The van der Waals surface area contributed by atoms with Gasteiger partial charge in [-0.1, -0.05) is 13.8 Å². The molecule has 4 fully saturated rings. The molecule has 0 aromatic rings. The summed E-state index contributed by atoms with van der Waals surface area (Å²) in [5, 5.41) is 9.74. The van der Waals surface area contributed by atoms with Gasteiger partial charge in [0.25, 0.3) is 0 Å². The van der Waals surface area contributed by atoms with E-state index in [0.29, 0.717) is 17.9 Å². The van der Waals surface area contributed by atoms with Crippen molar-refractivity contribution in [3.05, 3.63) is 0 Å². The van der Waals surface area contributed by atoms with Gasteiger partial charge in [0, 0.05) is 11.8 Å². The predicted octanol–water partition coefficient (Wildman–Crippen LogP) is 0.168. The van der Waals surface area contributed by atoms with Crippen molar-refractivity contribution in [3.8, 4) is 0 Å². The molecule has 0 aliphatic carbocycles. The number of hydrogen-bond acceptors (Lipinski definition) is 3. The minimum atomic E-state index is -0.383. The van der Waals surface area contributed by atoms with Crippen LogP contribution in [0.1, 0.15) is 13.8 Å². The number of rotatable bonds is 0. The zero-order valence-corrected chi connectivity index (χ0v) is 7.31. The maximum absolute atomic E-state index is 9.74. The van der Waals surface area contributed by atoms with E-state index in [2.05, 4.69) is 13.8 Å². The molecular weight excluding hydrogens is 156 g/mol. The van der Waals surface area contributed by atoms with Crippen molar-refractivity contribution in [1.82, 2.24) is 0 Å². The molecule has 3 heteroatoms. The zero-order valence-electron chi connectivity index (χ0n) is 7.31. The van der Waals surface area contributed by atoms with Crippen LogP contribution in [0.5, 0.6) is 0 Å². The van der Waals surface area contributed by atoms with Crippen LogP contribution in [0.25, 0.3) is 0 Å². The van der Waals surface area contributed by atoms with Crippen molar-refractivity contribution >= 4 is 0 Å². The molecule has 68 valence electrons. The van der Waals surface area contributed by atoms with Crippen molar-refractivity contribution in [2.45, 2.75) is 44.4 Å². The summed E-state index contributed by atoms with van der Waals surface area (Å²) < 4.78 is 11.4. The molecule has 4 saturated heterocycles. The van der Waals surface area contributed by atoms with Crippen LogP contribution in [0, 0.1) is 11.8 Å². The molecule has 3 nitrogen and oxygen atoms in total. The average Bonchev–Trinajstić information content (AvgIpc) is 2.43. The van der Waals surface area contributed by atoms with Crippen molar-refractivity contribution in [2.75, 3.05) is 0 Å². The summed E-state index contributed by atoms with van der Waals surface area (Å²) in [7, 11) is 0. The fraction of sp³-hybridized carbons (Fsp3) is 1.00. The summed E-state index contributed by atoms with van der Waals surface area (Å²) in [6.07, 6.45) is 0.0979. The lowest BCUT2D eigenvalue weighted by molar-refractivity contribution is -0.149. The molecule has 0 aromatic heterocycles. The van der Waals surface area contributed by atoms with E-state index in [0.717, 1.165) is 0 Å². The lowest BCUT2D eigenvalue weighted by atomic mass is 9.87. The van der Waals surface area contributed by atoms with E-state index in [4.69, 9.17) is 9.47 Å². The van der Waals surface area contributed by atoms with Crippen LogP contribution in [0.2, 0.25) is 0 Å². The first-order chi connectivity index (χ1) is 5.70. The van der Waals surface area contributed by atoms with Crippen LogP contribution in [0.15, 0.2) is 0 Å². The number of aliphatic hydroxyl groups excluding tert-OH is 1. The van der Waals surface area contributed by atoms with Crippen LogP contribution in [-0.2, 0) is 9.47 Å². The zero-order chi connectivity index (χ0) is 8.46. The average molecular weight is 170 g/mol. The van der Waals surface area contributed by atoms with Gasteiger partial charge in [0.05, 0.1) is 18.3 Å². The molecule has 0 radical (unpaired) electrons. The Balaban J connectivity index is 2.01. The highest BCUT2D eigenvalue weighted by molar-refractivity contribution is 5.09. The molecule has 2 unspecified atom stereocenters. The maximum atomic E-state index is 9.74. The van der Waals surface area contributed by atoms with Gasteiger partial charge in [-0.25, -0.2) is 0 Å². The molecule has 4 aliphatic heterocycles. The van der Waals surface area contributed by atoms with Gasteiger partial charge in [0.1, 0.15) is 12.2 Å². The Kier molecular flexibility index (Phi) is 1.23. The SMILES string of the molecule is CC1[C@H]2O[C@@H]3[C@@H](O)[C@@H](O[C@H]13)C2C. The Morgan fingerprint density at radius 1 is 0.833 bits per heavy atom. The molecule has 4 bridgehead atoms. The predicted molar refractivity (Wildman–Crippen MR) is 41.7 cm³/mol. The van der Waals surface area contributed by atoms with E-state index in [1.165, 1.54) is 0 Å². The Bertz CT molecular complexity index is 188. The number of hydrogen-bond donors (Lipinski definition) is 1. The monoisotopic (exact) mass is 170 g/mol. The summed E-state index contributed by atoms with van der Waals surface area (Å²) in [6.45, 7) is 4.26. The van der Waals surface area contributed by atoms with Crippen LogP contribution in [0.4, 0.5) is 0 Å². The third-order valence-corrected chi connectivity index (χ3v) is 3.70. The molecule has 0 amide bonds. The second kappa shape index (κ2) is 2.03. The van der Waals surface area contributed by atoms with Crippen molar-refractivity contribution < 1.29 is 14.6 Å². The Morgan fingerprint density at radius 3 is 2.08 bits per heavy atom. The summed E-state index contributed by atoms with van der Waals surface area (Å²) in [4.78, 5) is 0. The topological polar surface area (TPSA) is 38.7 Å². The van der Waals surface area contributed by atoms with Gasteiger partial charge < -0.3 is 14.6 Å². The molecule has 7 atom stereocenters. The number of aliphatic hydroxyl groups is 1. The molecule has 0 spiro atoms. The summed E-state index contributed by atoms with van der Waals surface area (Å²) in [6, 6.07) is 0. The fourth-order valence-corrected chi connectivity index (χ4v) is 3.02. The van der Waals surface area contributed by atoms with E-state index < -0.39 is 0 Å². The Labute approximate surface area is 71.7 Å². The standard InChI is InChI=1S/C9H14O3/c1-3-6-4(2)8-9(11-6)5(10)7(3)12-8/h3-10H,1-2H3/t3?,4?,5-,6-,7-,8+,9+/m0/s1. The molecule has 0 saturated carbocycles. The van der Waals surface area contributed by atoms with E-state index in [-0.39, 0.29) is 24.4 Å². The van der Waals surface area contributed by atoms with Crippen LogP contribution in [0.3, 0.4) is 0 Å². The lowest BCUT2D eigenvalue weighted by Gasteiger charge is -2.37. The highest BCUT2D eigenvalue weighted by atomic mass is 16.6. The smallest absolute Gasteiger partial charge is 0.113 e. The second-order valence-electron chi connectivity index (χ2n) is 4.34. The Morgan fingerprint density at radius 2 is 1.42 bits per heavy atom. The second-order valence-corrected chi connectivity index (χ2v) is 4.34. The van der Waals surface area contributed by atoms with E-state index >= 15 is 0 Å². The van der Waals surface area contributed by atoms with E-state index in [1.807, 2.05) is 0 Å². The first kappa shape index (κ1) is 7.30. The summed E-state index contributed by atoms with van der Waals surface area (Å²) >= 11 is 0. The van der Waals surface area contributed by atoms with Gasteiger partial charge in [0.2, 0.25) is 0 Å². The van der Waals surface area contributed by atoms with Gasteiger partial charge >= 0.3 is 0 Å². The Hall–Kier alpha value is -0.120. The lowest BCUT2D eigenvalue weighted by Crippen LogP contribution is -2.47. The molecular formula is C9H14O3. The van der Waals surface area contributed by atoms with Crippen molar-refractivity contribution in [3.63, 3.8) is 0 Å². The molecule has 0 aromatic carbocycles. The molecule has 1 N–H and O–H groups in total. The third-order valence-electron chi connectivity index (χ3n) is 3.70. The summed E-state index contributed by atoms with van der Waals surface area (Å²) in [5.74, 6) is 0.809. The largest absolute Gasteiger partial charge is 0.388 e. The normalized spacial score (nSPS) is 67.8. The molecule has 4 aliphatic rings.